The smallest absolute Gasteiger partial charge is 0.216 e. The number of benzene rings is 1. The number of nitrogens with zero attached hydrogens (tertiary/aromatic N) is 4. The molecule has 0 fully saturated rings. The van der Waals surface area contributed by atoms with E-state index in [1.165, 1.54) is 11.8 Å². The van der Waals surface area contributed by atoms with Crippen molar-refractivity contribution in [3.63, 3.8) is 0 Å². The Kier molecular flexibility index (Phi) is 4.12. The average molecular weight is 355 g/mol. The van der Waals surface area contributed by atoms with Crippen LogP contribution in [0.25, 0.3) is 11.0 Å². The van der Waals surface area contributed by atoms with E-state index >= 15 is 0 Å². The van der Waals surface area contributed by atoms with E-state index in [1.807, 2.05) is 13.8 Å². The predicted octanol–water partition coefficient (Wildman–Crippen LogP) is 3.91. The molecule has 3 N–H and O–H groups in total. The van der Waals surface area contributed by atoms with Crippen molar-refractivity contribution in [2.24, 2.45) is 0 Å². The number of nitrogens with two attached hydrogens (primary N) is 1. The van der Waals surface area contributed by atoms with Crippen molar-refractivity contribution in [1.29, 1.82) is 0 Å². The molecular formula is C13H12Cl2N6S. The van der Waals surface area contributed by atoms with Crippen LogP contribution in [0.5, 0.6) is 0 Å². The van der Waals surface area contributed by atoms with Gasteiger partial charge in [0.05, 0.1) is 26.8 Å². The summed E-state index contributed by atoms with van der Waals surface area (Å²) in [7, 11) is 0. The van der Waals surface area contributed by atoms with E-state index in [9.17, 15) is 0 Å². The van der Waals surface area contributed by atoms with Crippen LogP contribution in [0.4, 0.5) is 5.95 Å². The quantitative estimate of drug-likeness (QED) is 0.740. The highest BCUT2D eigenvalue weighted by molar-refractivity contribution is 7.99. The highest BCUT2D eigenvalue weighted by Gasteiger charge is 2.16. The fourth-order valence-corrected chi connectivity index (χ4v) is 3.14. The second-order valence-corrected chi connectivity index (χ2v) is 6.70. The van der Waals surface area contributed by atoms with Crippen LogP contribution < -0.4 is 5.73 Å². The van der Waals surface area contributed by atoms with E-state index < -0.39 is 0 Å². The third-order valence-corrected chi connectivity index (χ3v) is 4.50. The first-order valence-electron chi connectivity index (χ1n) is 6.46. The standard InChI is InChI=1S/C13H12Cl2N6S/c1-5(2)10-11(22-13-19-12(16)20-21-13)18-9-4-7(15)6(14)3-8(9)17-10/h3-5H,1-2H3,(H3,16,19,20,21). The van der Waals surface area contributed by atoms with Gasteiger partial charge in [-0.25, -0.2) is 15.1 Å². The Morgan fingerprint density at radius 3 is 2.27 bits per heavy atom. The molecule has 0 aliphatic rings. The molecule has 0 saturated carbocycles. The van der Waals surface area contributed by atoms with Crippen LogP contribution in [0.15, 0.2) is 22.3 Å². The Bertz CT molecular complexity index is 848. The van der Waals surface area contributed by atoms with Crippen LogP contribution in [0.3, 0.4) is 0 Å². The normalized spacial score (nSPS) is 11.5. The van der Waals surface area contributed by atoms with Crippen molar-refractivity contribution in [2.45, 2.75) is 29.9 Å². The zero-order valence-electron chi connectivity index (χ0n) is 11.8. The maximum Gasteiger partial charge on any atom is 0.216 e. The van der Waals surface area contributed by atoms with Crippen LogP contribution in [0, 0.1) is 0 Å². The Labute approximate surface area is 140 Å². The summed E-state index contributed by atoms with van der Waals surface area (Å²) in [5.74, 6) is 0.447. The van der Waals surface area contributed by atoms with E-state index in [1.54, 1.807) is 12.1 Å². The van der Waals surface area contributed by atoms with Crippen LogP contribution in [-0.2, 0) is 0 Å². The van der Waals surface area contributed by atoms with Crippen molar-refractivity contribution in [3.8, 4) is 0 Å². The van der Waals surface area contributed by atoms with Gasteiger partial charge in [-0.3, -0.25) is 0 Å². The SMILES string of the molecule is CC(C)c1nc2cc(Cl)c(Cl)cc2nc1Sc1n[nH]c(N)n1. The highest BCUT2D eigenvalue weighted by atomic mass is 35.5. The van der Waals surface area contributed by atoms with E-state index in [0.29, 0.717) is 26.2 Å². The molecule has 2 heterocycles. The Morgan fingerprint density at radius 2 is 1.73 bits per heavy atom. The van der Waals surface area contributed by atoms with Crippen LogP contribution in [0.2, 0.25) is 10.0 Å². The number of fused-ring (bicyclic) bond motifs is 1. The first-order chi connectivity index (χ1) is 10.4. The molecule has 6 nitrogen and oxygen atoms in total. The van der Waals surface area contributed by atoms with Gasteiger partial charge in [0.1, 0.15) is 5.03 Å². The average Bonchev–Trinajstić information content (AvgIpc) is 2.85. The molecule has 22 heavy (non-hydrogen) atoms. The lowest BCUT2D eigenvalue weighted by molar-refractivity contribution is 0.781. The van der Waals surface area contributed by atoms with E-state index in [-0.39, 0.29) is 11.9 Å². The van der Waals surface area contributed by atoms with Gasteiger partial charge in [-0.05, 0) is 29.8 Å². The molecule has 114 valence electrons. The van der Waals surface area contributed by atoms with Crippen LogP contribution >= 0.6 is 35.0 Å². The van der Waals surface area contributed by atoms with Gasteiger partial charge in [0.15, 0.2) is 0 Å². The zero-order valence-corrected chi connectivity index (χ0v) is 14.1. The van der Waals surface area contributed by atoms with Crippen molar-refractivity contribution >= 4 is 51.9 Å². The predicted molar refractivity (Wildman–Crippen MR) is 88.6 cm³/mol. The monoisotopic (exact) mass is 354 g/mol. The zero-order chi connectivity index (χ0) is 15.9. The molecule has 9 heteroatoms. The second kappa shape index (κ2) is 5.91. The van der Waals surface area contributed by atoms with Gasteiger partial charge in [-0.1, -0.05) is 37.0 Å². The summed E-state index contributed by atoms with van der Waals surface area (Å²) in [5, 5.41) is 8.73. The molecule has 0 aliphatic heterocycles. The minimum Gasteiger partial charge on any atom is -0.368 e. The first kappa shape index (κ1) is 15.3. The summed E-state index contributed by atoms with van der Waals surface area (Å²) in [4.78, 5) is 13.4. The molecule has 0 spiro atoms. The molecule has 0 amide bonds. The van der Waals surface area contributed by atoms with Crippen LogP contribution in [0.1, 0.15) is 25.5 Å². The first-order valence-corrected chi connectivity index (χ1v) is 8.03. The molecular weight excluding hydrogens is 343 g/mol. The van der Waals surface area contributed by atoms with Gasteiger partial charge >= 0.3 is 0 Å². The molecule has 0 aliphatic carbocycles. The molecule has 0 unspecified atom stereocenters. The minimum absolute atomic E-state index is 0.185. The van der Waals surface area contributed by atoms with Crippen LogP contribution in [-0.4, -0.2) is 25.1 Å². The van der Waals surface area contributed by atoms with Gasteiger partial charge in [0.2, 0.25) is 11.1 Å². The van der Waals surface area contributed by atoms with Crippen molar-refractivity contribution in [2.75, 3.05) is 5.73 Å². The number of nitrogens with one attached hydrogen (secondary N) is 1. The number of aromatic amines is 1. The molecule has 3 rings (SSSR count). The number of halogens is 2. The summed E-state index contributed by atoms with van der Waals surface area (Å²) in [6.07, 6.45) is 0. The number of aromatic nitrogens is 5. The number of nitrogen functional groups attached to an aromatic ring is 1. The van der Waals surface area contributed by atoms with Crippen molar-refractivity contribution < 1.29 is 0 Å². The summed E-state index contributed by atoms with van der Waals surface area (Å²) < 4.78 is 0. The van der Waals surface area contributed by atoms with Crippen molar-refractivity contribution in [1.82, 2.24) is 25.1 Å². The molecule has 0 atom stereocenters. The fourth-order valence-electron chi connectivity index (χ4n) is 1.89. The molecule has 1 aromatic carbocycles. The topological polar surface area (TPSA) is 93.4 Å². The molecule has 0 bridgehead atoms. The lowest BCUT2D eigenvalue weighted by atomic mass is 10.1. The summed E-state index contributed by atoms with van der Waals surface area (Å²) in [5.41, 5.74) is 7.77. The summed E-state index contributed by atoms with van der Waals surface area (Å²) in [6.45, 7) is 4.09. The molecule has 0 radical (unpaired) electrons. The van der Waals surface area contributed by atoms with Gasteiger partial charge in [0.25, 0.3) is 0 Å². The lowest BCUT2D eigenvalue weighted by Crippen LogP contribution is -2.00. The van der Waals surface area contributed by atoms with E-state index in [2.05, 4.69) is 25.1 Å². The highest BCUT2D eigenvalue weighted by Crippen LogP contribution is 2.33. The lowest BCUT2D eigenvalue weighted by Gasteiger charge is -2.11. The third kappa shape index (κ3) is 2.97. The Hall–Kier alpha value is -1.57. The largest absolute Gasteiger partial charge is 0.368 e. The van der Waals surface area contributed by atoms with Crippen molar-refractivity contribution in [3.05, 3.63) is 27.9 Å². The third-order valence-electron chi connectivity index (χ3n) is 2.92. The number of hydrogen-bond donors (Lipinski definition) is 2. The summed E-state index contributed by atoms with van der Waals surface area (Å²) in [6, 6.07) is 3.42. The second-order valence-electron chi connectivity index (χ2n) is 4.93. The minimum atomic E-state index is 0.185. The molecule has 3 aromatic rings. The molecule has 2 aromatic heterocycles. The van der Waals surface area contributed by atoms with Gasteiger partial charge in [-0.15, -0.1) is 5.10 Å². The Balaban J connectivity index is 2.14. The fraction of sp³-hybridized carbons (Fsp3) is 0.231. The maximum atomic E-state index is 6.05. The van der Waals surface area contributed by atoms with E-state index in [4.69, 9.17) is 28.9 Å². The summed E-state index contributed by atoms with van der Waals surface area (Å²) >= 11 is 13.4. The number of rotatable bonds is 3. The number of H-pyrrole nitrogens is 1. The van der Waals surface area contributed by atoms with Gasteiger partial charge in [0, 0.05) is 0 Å². The van der Waals surface area contributed by atoms with Gasteiger partial charge in [-0.2, -0.15) is 4.98 Å². The van der Waals surface area contributed by atoms with E-state index in [0.717, 1.165) is 10.7 Å². The maximum absolute atomic E-state index is 6.05. The number of anilines is 1. The number of hydrogen-bond acceptors (Lipinski definition) is 6. The molecule has 0 saturated heterocycles. The van der Waals surface area contributed by atoms with Gasteiger partial charge < -0.3 is 5.73 Å². The Morgan fingerprint density at radius 1 is 1.09 bits per heavy atom.